The van der Waals surface area contributed by atoms with Crippen molar-refractivity contribution in [3.8, 4) is 6.07 Å². The third-order valence-electron chi connectivity index (χ3n) is 1.95. The van der Waals surface area contributed by atoms with E-state index in [1.165, 1.54) is 11.3 Å². The predicted molar refractivity (Wildman–Crippen MR) is 63.4 cm³/mol. The van der Waals surface area contributed by atoms with Crippen molar-refractivity contribution in [2.75, 3.05) is 0 Å². The lowest BCUT2D eigenvalue weighted by molar-refractivity contribution is 0.574. The van der Waals surface area contributed by atoms with Gasteiger partial charge in [0.15, 0.2) is 5.82 Å². The maximum absolute atomic E-state index is 13.3. The lowest BCUT2D eigenvalue weighted by atomic mass is 10.3. The summed E-state index contributed by atoms with van der Waals surface area (Å²) >= 11 is 2.47. The number of thiophene rings is 1. The fourth-order valence-corrected chi connectivity index (χ4v) is 2.86. The largest absolute Gasteiger partial charge is 0.345 e. The summed E-state index contributed by atoms with van der Waals surface area (Å²) < 4.78 is 13.3. The van der Waals surface area contributed by atoms with Gasteiger partial charge in [-0.15, -0.1) is 23.1 Å². The molecule has 2 rings (SSSR count). The number of H-pyrrole nitrogens is 1. The SMILES string of the molecule is N#Cc1sccc1CSc1[nH]c(=O)ncc1F. The molecule has 0 radical (unpaired) electrons. The van der Waals surface area contributed by atoms with E-state index in [-0.39, 0.29) is 5.03 Å². The quantitative estimate of drug-likeness (QED) is 0.683. The second kappa shape index (κ2) is 5.12. The Morgan fingerprint density at radius 1 is 1.65 bits per heavy atom. The van der Waals surface area contributed by atoms with Crippen molar-refractivity contribution in [2.45, 2.75) is 10.8 Å². The van der Waals surface area contributed by atoms with Gasteiger partial charge in [-0.1, -0.05) is 0 Å². The summed E-state index contributed by atoms with van der Waals surface area (Å²) in [5.41, 5.74) is 0.249. The van der Waals surface area contributed by atoms with Crippen LogP contribution in [0.5, 0.6) is 0 Å². The van der Waals surface area contributed by atoms with Gasteiger partial charge in [-0.3, -0.25) is 4.98 Å². The zero-order chi connectivity index (χ0) is 12.3. The summed E-state index contributed by atoms with van der Waals surface area (Å²) in [5, 5.41) is 10.8. The average Bonchev–Trinajstić information content (AvgIpc) is 2.77. The molecule has 2 aromatic heterocycles. The van der Waals surface area contributed by atoms with Crippen molar-refractivity contribution in [2.24, 2.45) is 0 Å². The van der Waals surface area contributed by atoms with Crippen LogP contribution in [0.1, 0.15) is 10.4 Å². The van der Waals surface area contributed by atoms with Gasteiger partial charge in [0.05, 0.1) is 6.20 Å². The van der Waals surface area contributed by atoms with Crippen molar-refractivity contribution in [1.82, 2.24) is 9.97 Å². The Kier molecular flexibility index (Phi) is 3.56. The summed E-state index contributed by atoms with van der Waals surface area (Å²) in [6.45, 7) is 0. The van der Waals surface area contributed by atoms with Gasteiger partial charge in [0, 0.05) is 5.75 Å². The minimum absolute atomic E-state index is 0.139. The normalized spacial score (nSPS) is 10.1. The van der Waals surface area contributed by atoms with E-state index in [1.807, 2.05) is 6.07 Å². The number of aromatic nitrogens is 2. The molecule has 2 heterocycles. The minimum Gasteiger partial charge on any atom is -0.298 e. The van der Waals surface area contributed by atoms with Gasteiger partial charge >= 0.3 is 5.69 Å². The molecule has 0 amide bonds. The van der Waals surface area contributed by atoms with Crippen molar-refractivity contribution in [3.05, 3.63) is 44.4 Å². The molecule has 2 aromatic rings. The Morgan fingerprint density at radius 3 is 3.24 bits per heavy atom. The van der Waals surface area contributed by atoms with Crippen LogP contribution in [0, 0.1) is 17.1 Å². The molecule has 86 valence electrons. The van der Waals surface area contributed by atoms with Crippen LogP contribution in [0.25, 0.3) is 0 Å². The van der Waals surface area contributed by atoms with Gasteiger partial charge in [-0.25, -0.2) is 9.18 Å². The molecule has 4 nitrogen and oxygen atoms in total. The molecule has 0 spiro atoms. The van der Waals surface area contributed by atoms with E-state index in [4.69, 9.17) is 5.26 Å². The fraction of sp³-hybridized carbons (Fsp3) is 0.100. The molecular formula is C10H6FN3OS2. The molecule has 17 heavy (non-hydrogen) atoms. The number of aromatic amines is 1. The molecule has 0 fully saturated rings. The van der Waals surface area contributed by atoms with Crippen LogP contribution in [0.4, 0.5) is 4.39 Å². The lowest BCUT2D eigenvalue weighted by Crippen LogP contribution is -2.11. The summed E-state index contributed by atoms with van der Waals surface area (Å²) in [6, 6.07) is 3.88. The van der Waals surface area contributed by atoms with Crippen LogP contribution in [-0.4, -0.2) is 9.97 Å². The zero-order valence-electron chi connectivity index (χ0n) is 8.44. The standard InChI is InChI=1S/C10H6FN3OS2/c11-7-4-13-10(15)14-9(7)17-5-6-1-2-16-8(6)3-12/h1-2,4H,5H2,(H,13,14,15). The topological polar surface area (TPSA) is 69.5 Å². The predicted octanol–water partition coefficient (Wildman–Crippen LogP) is 2.13. The number of hydrogen-bond donors (Lipinski definition) is 1. The van der Waals surface area contributed by atoms with E-state index in [9.17, 15) is 9.18 Å². The van der Waals surface area contributed by atoms with Crippen molar-refractivity contribution in [3.63, 3.8) is 0 Å². The smallest absolute Gasteiger partial charge is 0.298 e. The summed E-state index contributed by atoms with van der Waals surface area (Å²) in [4.78, 5) is 17.1. The highest BCUT2D eigenvalue weighted by Crippen LogP contribution is 2.26. The Hall–Kier alpha value is -1.65. The zero-order valence-corrected chi connectivity index (χ0v) is 10.1. The molecule has 0 aliphatic carbocycles. The van der Waals surface area contributed by atoms with E-state index in [0.717, 1.165) is 23.5 Å². The summed E-state index contributed by atoms with van der Waals surface area (Å²) in [6.07, 6.45) is 0.889. The van der Waals surface area contributed by atoms with Crippen molar-refractivity contribution in [1.29, 1.82) is 5.26 Å². The molecule has 0 unspecified atom stereocenters. The molecular weight excluding hydrogens is 261 g/mol. The van der Waals surface area contributed by atoms with Gasteiger partial charge in [0.25, 0.3) is 0 Å². The van der Waals surface area contributed by atoms with Crippen molar-refractivity contribution >= 4 is 23.1 Å². The fourth-order valence-electron chi connectivity index (χ4n) is 1.17. The molecule has 7 heteroatoms. The summed E-state index contributed by atoms with van der Waals surface area (Å²) in [5.74, 6) is -0.133. The Labute approximate surface area is 104 Å². The number of hydrogen-bond acceptors (Lipinski definition) is 5. The Morgan fingerprint density at radius 2 is 2.47 bits per heavy atom. The molecule has 0 saturated carbocycles. The molecule has 0 aliphatic rings. The van der Waals surface area contributed by atoms with Crippen LogP contribution < -0.4 is 5.69 Å². The Balaban J connectivity index is 2.16. The highest BCUT2D eigenvalue weighted by atomic mass is 32.2. The highest BCUT2D eigenvalue weighted by Gasteiger charge is 2.08. The lowest BCUT2D eigenvalue weighted by Gasteiger charge is -2.01. The molecule has 0 aromatic carbocycles. The highest BCUT2D eigenvalue weighted by molar-refractivity contribution is 7.98. The maximum Gasteiger partial charge on any atom is 0.345 e. The molecule has 0 saturated heterocycles. The second-order valence-corrected chi connectivity index (χ2v) is 4.94. The van der Waals surface area contributed by atoms with Gasteiger partial charge in [0.2, 0.25) is 0 Å². The first kappa shape index (κ1) is 11.8. The monoisotopic (exact) mass is 267 g/mol. The number of rotatable bonds is 3. The van der Waals surface area contributed by atoms with Crippen molar-refractivity contribution < 1.29 is 4.39 Å². The molecule has 0 aliphatic heterocycles. The summed E-state index contributed by atoms with van der Waals surface area (Å²) in [7, 11) is 0. The number of halogens is 1. The third kappa shape index (κ3) is 2.72. The van der Waals surface area contributed by atoms with Crippen LogP contribution >= 0.6 is 23.1 Å². The first-order chi connectivity index (χ1) is 8.20. The Bertz CT molecular complexity index is 629. The number of nitrogens with zero attached hydrogens (tertiary/aromatic N) is 2. The van der Waals surface area contributed by atoms with Gasteiger partial charge in [-0.2, -0.15) is 10.2 Å². The van der Waals surface area contributed by atoms with E-state index in [1.54, 1.807) is 5.38 Å². The van der Waals surface area contributed by atoms with E-state index >= 15 is 0 Å². The van der Waals surface area contributed by atoms with E-state index in [0.29, 0.717) is 10.6 Å². The first-order valence-electron chi connectivity index (χ1n) is 4.55. The second-order valence-electron chi connectivity index (χ2n) is 3.04. The molecule has 0 atom stereocenters. The van der Waals surface area contributed by atoms with Crippen LogP contribution in [-0.2, 0) is 5.75 Å². The average molecular weight is 267 g/mol. The molecule has 1 N–H and O–H groups in total. The van der Waals surface area contributed by atoms with Gasteiger partial charge in [-0.05, 0) is 17.0 Å². The number of thioether (sulfide) groups is 1. The number of nitriles is 1. The van der Waals surface area contributed by atoms with E-state index < -0.39 is 11.5 Å². The number of nitrogens with one attached hydrogen (secondary N) is 1. The van der Waals surface area contributed by atoms with Crippen LogP contribution in [0.15, 0.2) is 27.5 Å². The van der Waals surface area contributed by atoms with Crippen LogP contribution in [0.2, 0.25) is 0 Å². The van der Waals surface area contributed by atoms with Gasteiger partial charge < -0.3 is 0 Å². The van der Waals surface area contributed by atoms with Crippen LogP contribution in [0.3, 0.4) is 0 Å². The third-order valence-corrected chi connectivity index (χ3v) is 3.86. The molecule has 0 bridgehead atoms. The minimum atomic E-state index is -0.584. The van der Waals surface area contributed by atoms with E-state index in [2.05, 4.69) is 16.0 Å². The first-order valence-corrected chi connectivity index (χ1v) is 6.41. The van der Waals surface area contributed by atoms with Gasteiger partial charge in [0.1, 0.15) is 16.0 Å². The maximum atomic E-state index is 13.3.